The summed E-state index contributed by atoms with van der Waals surface area (Å²) in [5.41, 5.74) is 0.487. The van der Waals surface area contributed by atoms with Gasteiger partial charge in [-0.3, -0.25) is 4.79 Å². The summed E-state index contributed by atoms with van der Waals surface area (Å²) in [5.74, 6) is -0.899. The van der Waals surface area contributed by atoms with Gasteiger partial charge >= 0.3 is 0 Å². The second-order valence-electron chi connectivity index (χ2n) is 5.76. The summed E-state index contributed by atoms with van der Waals surface area (Å²) in [6.45, 7) is 0. The fourth-order valence-corrected chi connectivity index (χ4v) is 5.21. The molecule has 0 atom stereocenters. The van der Waals surface area contributed by atoms with E-state index in [-0.39, 0.29) is 27.1 Å². The van der Waals surface area contributed by atoms with Gasteiger partial charge in [0.1, 0.15) is 0 Å². The topological polar surface area (TPSA) is 136 Å². The van der Waals surface area contributed by atoms with Crippen LogP contribution in [0.3, 0.4) is 0 Å². The van der Waals surface area contributed by atoms with Crippen molar-refractivity contribution in [2.24, 2.45) is 5.14 Å². The molecule has 0 aliphatic carbocycles. The monoisotopic (exact) mass is 459 g/mol. The molecule has 1 aromatic heterocycles. The number of anilines is 1. The minimum atomic E-state index is -3.85. The van der Waals surface area contributed by atoms with E-state index in [9.17, 15) is 21.6 Å². The standard InChI is InChI=1S/C16H14ClN3O5S3/c17-10-1-3-11(4-2-10)27(22,23)8-7-15(21)20-16-19-13-6-5-12(28(18,24)25)9-14(13)26-16/h1-6,9H,7-8H2,(H2,18,24,25)(H,19,20,21). The maximum Gasteiger partial charge on any atom is 0.238 e. The van der Waals surface area contributed by atoms with E-state index in [1.54, 1.807) is 0 Å². The van der Waals surface area contributed by atoms with Crippen molar-refractivity contribution in [3.05, 3.63) is 47.5 Å². The first-order valence-corrected chi connectivity index (χ1v) is 12.2. The number of rotatable bonds is 6. The number of amides is 1. The summed E-state index contributed by atoms with van der Waals surface area (Å²) in [5, 5.41) is 8.27. The van der Waals surface area contributed by atoms with Crippen molar-refractivity contribution < 1.29 is 21.6 Å². The van der Waals surface area contributed by atoms with E-state index in [1.807, 2.05) is 0 Å². The molecule has 0 fully saturated rings. The molecule has 1 amide bonds. The Morgan fingerprint density at radius 2 is 1.71 bits per heavy atom. The zero-order valence-electron chi connectivity index (χ0n) is 14.1. The molecule has 12 heteroatoms. The molecule has 0 bridgehead atoms. The van der Waals surface area contributed by atoms with Crippen molar-refractivity contribution in [3.63, 3.8) is 0 Å². The fraction of sp³-hybridized carbons (Fsp3) is 0.125. The van der Waals surface area contributed by atoms with E-state index >= 15 is 0 Å². The van der Waals surface area contributed by atoms with E-state index in [4.69, 9.17) is 16.7 Å². The zero-order valence-corrected chi connectivity index (χ0v) is 17.3. The molecule has 0 unspecified atom stereocenters. The molecule has 2 aromatic carbocycles. The van der Waals surface area contributed by atoms with Crippen LogP contribution in [0.2, 0.25) is 5.02 Å². The summed E-state index contributed by atoms with van der Waals surface area (Å²) in [6.07, 6.45) is -0.261. The van der Waals surface area contributed by atoms with Crippen molar-refractivity contribution in [1.82, 2.24) is 4.98 Å². The van der Waals surface area contributed by atoms with Crippen molar-refractivity contribution in [2.75, 3.05) is 11.1 Å². The van der Waals surface area contributed by atoms with Crippen LogP contribution >= 0.6 is 22.9 Å². The number of benzene rings is 2. The van der Waals surface area contributed by atoms with Crippen LogP contribution in [0.5, 0.6) is 0 Å². The molecule has 3 rings (SSSR count). The summed E-state index contributed by atoms with van der Waals surface area (Å²) in [4.78, 5) is 16.3. The van der Waals surface area contributed by atoms with Gasteiger partial charge in [0.2, 0.25) is 15.9 Å². The number of fused-ring (bicyclic) bond motifs is 1. The minimum Gasteiger partial charge on any atom is -0.302 e. The van der Waals surface area contributed by atoms with Crippen LogP contribution < -0.4 is 10.5 Å². The van der Waals surface area contributed by atoms with Gasteiger partial charge in [-0.2, -0.15) is 0 Å². The molecule has 3 N–H and O–H groups in total. The fourth-order valence-electron chi connectivity index (χ4n) is 2.30. The van der Waals surface area contributed by atoms with Gasteiger partial charge in [0, 0.05) is 11.4 Å². The first-order valence-electron chi connectivity index (χ1n) is 7.76. The predicted molar refractivity (Wildman–Crippen MR) is 108 cm³/mol. The number of nitrogens with zero attached hydrogens (tertiary/aromatic N) is 1. The third-order valence-electron chi connectivity index (χ3n) is 3.71. The van der Waals surface area contributed by atoms with Gasteiger partial charge in [-0.25, -0.2) is 27.0 Å². The number of carbonyl (C=O) groups excluding carboxylic acids is 1. The highest BCUT2D eigenvalue weighted by atomic mass is 35.5. The average molecular weight is 460 g/mol. The number of sulfone groups is 1. The van der Waals surface area contributed by atoms with E-state index < -0.39 is 25.8 Å². The Kier molecular flexibility index (Phi) is 5.73. The number of halogens is 1. The zero-order chi connectivity index (χ0) is 20.5. The molecule has 28 heavy (non-hydrogen) atoms. The number of aromatic nitrogens is 1. The van der Waals surface area contributed by atoms with E-state index in [0.717, 1.165) is 11.3 Å². The van der Waals surface area contributed by atoms with Crippen LogP contribution in [-0.2, 0) is 24.7 Å². The maximum atomic E-state index is 12.3. The van der Waals surface area contributed by atoms with Gasteiger partial charge in [-0.15, -0.1) is 0 Å². The molecule has 0 saturated carbocycles. The van der Waals surface area contributed by atoms with Gasteiger partial charge in [-0.05, 0) is 42.5 Å². The lowest BCUT2D eigenvalue weighted by Gasteiger charge is -2.04. The minimum absolute atomic E-state index is 0.0596. The van der Waals surface area contributed by atoms with Crippen molar-refractivity contribution in [2.45, 2.75) is 16.2 Å². The molecule has 0 aliphatic heterocycles. The lowest BCUT2D eigenvalue weighted by atomic mass is 10.3. The Morgan fingerprint density at radius 3 is 2.36 bits per heavy atom. The van der Waals surface area contributed by atoms with Crippen LogP contribution in [0.25, 0.3) is 10.2 Å². The maximum absolute atomic E-state index is 12.3. The number of primary sulfonamides is 1. The number of sulfonamides is 1. The summed E-state index contributed by atoms with van der Waals surface area (Å²) < 4.78 is 47.9. The number of hydrogen-bond donors (Lipinski definition) is 2. The van der Waals surface area contributed by atoms with Gasteiger partial charge in [0.25, 0.3) is 0 Å². The van der Waals surface area contributed by atoms with Crippen molar-refractivity contribution in [3.8, 4) is 0 Å². The largest absolute Gasteiger partial charge is 0.302 e. The van der Waals surface area contributed by atoms with Gasteiger partial charge in [-0.1, -0.05) is 22.9 Å². The molecule has 0 aliphatic rings. The highest BCUT2D eigenvalue weighted by Crippen LogP contribution is 2.28. The molecule has 1 heterocycles. The second-order valence-corrected chi connectivity index (χ2v) is 10.9. The van der Waals surface area contributed by atoms with Gasteiger partial charge < -0.3 is 5.32 Å². The summed E-state index contributed by atoms with van der Waals surface area (Å²) in [6, 6.07) is 9.85. The Hall–Kier alpha value is -2.05. The van der Waals surface area contributed by atoms with E-state index in [2.05, 4.69) is 10.3 Å². The molecule has 0 spiro atoms. The third kappa shape index (κ3) is 4.86. The normalized spacial score (nSPS) is 12.2. The number of carbonyl (C=O) groups is 1. The summed E-state index contributed by atoms with van der Waals surface area (Å²) >= 11 is 6.80. The number of thiazole rings is 1. The van der Waals surface area contributed by atoms with Crippen LogP contribution in [0.15, 0.2) is 52.3 Å². The quantitative estimate of drug-likeness (QED) is 0.580. The molecule has 8 nitrogen and oxygen atoms in total. The predicted octanol–water partition coefficient (Wildman–Crippen LogP) is 2.40. The summed E-state index contributed by atoms with van der Waals surface area (Å²) in [7, 11) is -7.47. The van der Waals surface area contributed by atoms with Crippen LogP contribution in [0.4, 0.5) is 5.13 Å². The Balaban J connectivity index is 1.68. The average Bonchev–Trinajstić information content (AvgIpc) is 3.01. The lowest BCUT2D eigenvalue weighted by Crippen LogP contribution is -2.17. The Morgan fingerprint density at radius 1 is 1.07 bits per heavy atom. The third-order valence-corrected chi connectivity index (χ3v) is 7.53. The van der Waals surface area contributed by atoms with E-state index in [1.165, 1.54) is 42.5 Å². The first kappa shape index (κ1) is 20.7. The molecule has 148 valence electrons. The smallest absolute Gasteiger partial charge is 0.238 e. The van der Waals surface area contributed by atoms with Crippen LogP contribution in [-0.4, -0.2) is 33.5 Å². The molecular weight excluding hydrogens is 446 g/mol. The van der Waals surface area contributed by atoms with Gasteiger partial charge in [0.05, 0.1) is 25.8 Å². The number of nitrogens with two attached hydrogens (primary N) is 1. The second kappa shape index (κ2) is 7.76. The van der Waals surface area contributed by atoms with Crippen LogP contribution in [0, 0.1) is 0 Å². The Labute approximate surface area is 170 Å². The van der Waals surface area contributed by atoms with Crippen molar-refractivity contribution >= 4 is 64.1 Å². The number of hydrogen-bond acceptors (Lipinski definition) is 7. The molecule has 0 radical (unpaired) electrons. The first-order chi connectivity index (χ1) is 13.0. The number of nitrogens with one attached hydrogen (secondary N) is 1. The lowest BCUT2D eigenvalue weighted by molar-refractivity contribution is -0.115. The molecule has 3 aromatic rings. The van der Waals surface area contributed by atoms with E-state index in [0.29, 0.717) is 15.2 Å². The highest BCUT2D eigenvalue weighted by Gasteiger charge is 2.18. The highest BCUT2D eigenvalue weighted by molar-refractivity contribution is 7.91. The SMILES string of the molecule is NS(=O)(=O)c1ccc2nc(NC(=O)CCS(=O)(=O)c3ccc(Cl)cc3)sc2c1. The van der Waals surface area contributed by atoms with Gasteiger partial charge in [0.15, 0.2) is 15.0 Å². The Bertz CT molecular complexity index is 1250. The van der Waals surface area contributed by atoms with Crippen LogP contribution in [0.1, 0.15) is 6.42 Å². The molecular formula is C16H14ClN3O5S3. The molecule has 0 saturated heterocycles. The van der Waals surface area contributed by atoms with Crippen molar-refractivity contribution in [1.29, 1.82) is 0 Å².